The van der Waals surface area contributed by atoms with Crippen LogP contribution in [0.5, 0.6) is 0 Å². The van der Waals surface area contributed by atoms with Crippen LogP contribution in [0.2, 0.25) is 0 Å². The van der Waals surface area contributed by atoms with E-state index in [0.29, 0.717) is 4.90 Å². The van der Waals surface area contributed by atoms with E-state index in [9.17, 15) is 19.2 Å². The second-order valence-corrected chi connectivity index (χ2v) is 3.48. The molecule has 0 saturated carbocycles. The Morgan fingerprint density at radius 1 is 0.810 bits per heavy atom. The maximum atomic E-state index is 10.9. The average molecular weight is 349 g/mol. The van der Waals surface area contributed by atoms with Gasteiger partial charge in [0.25, 0.3) is 0 Å². The molecule has 0 aliphatic rings. The fourth-order valence-corrected chi connectivity index (χ4v) is 1.35. The molecule has 4 N–H and O–H groups in total. The average Bonchev–Trinajstić information content (AvgIpc) is 2.14. The molecule has 106 valence electrons. The number of carboxylic acid groups (broad SMARTS) is 4. The van der Waals surface area contributed by atoms with E-state index in [-0.39, 0.29) is 103 Å². The van der Waals surface area contributed by atoms with Gasteiger partial charge in [-0.05, 0) is 6.42 Å². The van der Waals surface area contributed by atoms with Crippen molar-refractivity contribution in [1.82, 2.24) is 4.90 Å². The van der Waals surface area contributed by atoms with Gasteiger partial charge in [-0.15, -0.1) is 0 Å². The Morgan fingerprint density at radius 3 is 1.43 bits per heavy atom. The van der Waals surface area contributed by atoms with Crippen LogP contribution >= 0.6 is 0 Å². The van der Waals surface area contributed by atoms with Gasteiger partial charge in [0, 0.05) is 103 Å². The molecule has 0 aromatic heterocycles. The van der Waals surface area contributed by atoms with Gasteiger partial charge in [0.1, 0.15) is 6.04 Å². The maximum Gasteiger partial charge on any atom is 0.320 e. The summed E-state index contributed by atoms with van der Waals surface area (Å²) >= 11 is 0. The number of hydrogen-bond acceptors (Lipinski definition) is 5. The minimum absolute atomic E-state index is 0. The molecule has 0 spiro atoms. The van der Waals surface area contributed by atoms with E-state index < -0.39 is 49.4 Å². The van der Waals surface area contributed by atoms with Crippen molar-refractivity contribution < 1.29 is 39.6 Å². The number of nitrogens with zero attached hydrogens (tertiary/aromatic N) is 1. The molecule has 12 heteroatoms. The monoisotopic (exact) mass is 349 g/mol. The summed E-state index contributed by atoms with van der Waals surface area (Å²) in [6.45, 7) is -1.58. The molecule has 0 aromatic carbocycles. The molecule has 0 saturated heterocycles. The van der Waals surface area contributed by atoms with Crippen molar-refractivity contribution in [3.8, 4) is 0 Å². The molecule has 0 bridgehead atoms. The molecule has 1 atom stereocenters. The first-order valence-corrected chi connectivity index (χ1v) is 4.86. The summed E-state index contributed by atoms with van der Waals surface area (Å²) in [5.74, 6) is -5.48. The van der Waals surface area contributed by atoms with Crippen LogP contribution in [0.1, 0.15) is 12.8 Å². The zero-order valence-electron chi connectivity index (χ0n) is 12.0. The number of carboxylic acids is 4. The van der Waals surface area contributed by atoms with Crippen LogP contribution in [0.25, 0.3) is 0 Å². The quantitative estimate of drug-likeness (QED) is 0.335. The van der Waals surface area contributed by atoms with Gasteiger partial charge in [-0.1, -0.05) is 0 Å². The summed E-state index contributed by atoms with van der Waals surface area (Å²) in [4.78, 5) is 43.0. The van der Waals surface area contributed by atoms with E-state index in [1.807, 2.05) is 0 Å². The molecule has 4 radical (unpaired) electrons. The van der Waals surface area contributed by atoms with Gasteiger partial charge in [0.05, 0.1) is 13.1 Å². The third kappa shape index (κ3) is 15.8. The predicted molar refractivity (Wildman–Crippen MR) is 72.4 cm³/mol. The number of aliphatic carboxylic acids is 4. The van der Waals surface area contributed by atoms with Crippen LogP contribution < -0.4 is 0 Å². The van der Waals surface area contributed by atoms with Gasteiger partial charge in [-0.3, -0.25) is 24.1 Å². The molecular weight excluding hydrogens is 336 g/mol. The molecule has 21 heavy (non-hydrogen) atoms. The normalized spacial score (nSPS) is 10.3. The fraction of sp³-hybridized carbons (Fsp3) is 0.556. The van der Waals surface area contributed by atoms with Crippen LogP contribution in [0.15, 0.2) is 0 Å². The summed E-state index contributed by atoms with van der Waals surface area (Å²) in [7, 11) is 0. The SMILES string of the molecule is O=C(O)CC[C@@H](C(=O)O)N(CC(=O)O)CC(=O)O.[Ca].[Na].[Na]. The number of hydrogen-bond donors (Lipinski definition) is 4. The Labute approximate surface area is 194 Å². The van der Waals surface area contributed by atoms with Gasteiger partial charge >= 0.3 is 23.9 Å². The standard InChI is InChI=1S/C9H13NO8.Ca.2Na/c11-6(12)2-1-5(9(17)18)10(3-7(13)14)4-8(15)16;;;/h5H,1-4H2,(H,11,12)(H,13,14)(H,15,16)(H,17,18);;;/t5-;;;/m0.../s1. The van der Waals surface area contributed by atoms with Crippen molar-refractivity contribution in [3.05, 3.63) is 0 Å². The minimum Gasteiger partial charge on any atom is -0.481 e. The first kappa shape index (κ1) is 30.0. The first-order valence-electron chi connectivity index (χ1n) is 4.86. The fourth-order valence-electron chi connectivity index (χ4n) is 1.35. The minimum atomic E-state index is -1.46. The predicted octanol–water partition coefficient (Wildman–Crippen LogP) is -2.37. The Morgan fingerprint density at radius 2 is 1.19 bits per heavy atom. The van der Waals surface area contributed by atoms with Gasteiger partial charge in [0.2, 0.25) is 0 Å². The molecule has 9 nitrogen and oxygen atoms in total. The third-order valence-electron chi connectivity index (χ3n) is 2.03. The number of carbonyl (C=O) groups is 4. The summed E-state index contributed by atoms with van der Waals surface area (Å²) in [6, 6.07) is -1.46. The smallest absolute Gasteiger partial charge is 0.320 e. The molecule has 0 heterocycles. The van der Waals surface area contributed by atoms with Crippen LogP contribution in [-0.4, -0.2) is 165 Å². The molecule has 0 fully saturated rings. The van der Waals surface area contributed by atoms with E-state index in [0.717, 1.165) is 0 Å². The van der Waals surface area contributed by atoms with Crippen molar-refractivity contribution in [2.24, 2.45) is 0 Å². The summed E-state index contributed by atoms with van der Waals surface area (Å²) in [6.07, 6.45) is -0.863. The summed E-state index contributed by atoms with van der Waals surface area (Å²) in [5.41, 5.74) is 0. The molecule has 0 aliphatic heterocycles. The van der Waals surface area contributed by atoms with Gasteiger partial charge in [-0.2, -0.15) is 0 Å². The summed E-state index contributed by atoms with van der Waals surface area (Å²) in [5, 5.41) is 34.4. The van der Waals surface area contributed by atoms with E-state index in [1.165, 1.54) is 0 Å². The number of rotatable bonds is 9. The third-order valence-corrected chi connectivity index (χ3v) is 2.03. The van der Waals surface area contributed by atoms with Crippen molar-refractivity contribution in [3.63, 3.8) is 0 Å². The van der Waals surface area contributed by atoms with Crippen LogP contribution in [0.3, 0.4) is 0 Å². The summed E-state index contributed by atoms with van der Waals surface area (Å²) < 4.78 is 0. The van der Waals surface area contributed by atoms with Crippen LogP contribution in [0.4, 0.5) is 0 Å². The molecule has 0 aliphatic carbocycles. The van der Waals surface area contributed by atoms with E-state index >= 15 is 0 Å². The Hall–Kier alpha value is 1.10. The molecule has 0 unspecified atom stereocenters. The van der Waals surface area contributed by atoms with Crippen molar-refractivity contribution in [2.45, 2.75) is 18.9 Å². The first-order chi connectivity index (χ1) is 8.23. The zero-order chi connectivity index (χ0) is 14.3. The zero-order valence-corrected chi connectivity index (χ0v) is 18.2. The molecule has 0 amide bonds. The Balaban J connectivity index is -0.000000482. The Kier molecular flexibility index (Phi) is 22.8. The van der Waals surface area contributed by atoms with E-state index in [2.05, 4.69) is 0 Å². The van der Waals surface area contributed by atoms with Crippen molar-refractivity contribution >= 4 is 121 Å². The maximum absolute atomic E-state index is 10.9. The second kappa shape index (κ2) is 16.0. The molecule has 0 rings (SSSR count). The van der Waals surface area contributed by atoms with E-state index in [4.69, 9.17) is 20.4 Å². The van der Waals surface area contributed by atoms with E-state index in [1.54, 1.807) is 0 Å². The van der Waals surface area contributed by atoms with Crippen LogP contribution in [0, 0.1) is 0 Å². The topological polar surface area (TPSA) is 152 Å². The Bertz CT molecular complexity index is 352. The molecular formula is C9H13CaNNa2O8. The van der Waals surface area contributed by atoms with Gasteiger partial charge in [-0.25, -0.2) is 0 Å². The van der Waals surface area contributed by atoms with Gasteiger partial charge < -0.3 is 20.4 Å². The van der Waals surface area contributed by atoms with Crippen molar-refractivity contribution in [1.29, 1.82) is 0 Å². The second-order valence-electron chi connectivity index (χ2n) is 3.48. The van der Waals surface area contributed by atoms with Crippen molar-refractivity contribution in [2.75, 3.05) is 13.1 Å². The van der Waals surface area contributed by atoms with Crippen LogP contribution in [-0.2, 0) is 19.2 Å². The largest absolute Gasteiger partial charge is 0.481 e. The van der Waals surface area contributed by atoms with Gasteiger partial charge in [0.15, 0.2) is 0 Å². The molecule has 0 aromatic rings.